The summed E-state index contributed by atoms with van der Waals surface area (Å²) in [7, 11) is -3.57. The molecular formula is C20H25NO3S. The summed E-state index contributed by atoms with van der Waals surface area (Å²) in [6.07, 6.45) is 0.915. The van der Waals surface area contributed by atoms with Crippen LogP contribution in [0.3, 0.4) is 0 Å². The van der Waals surface area contributed by atoms with Crippen LogP contribution in [0.15, 0.2) is 53.4 Å². The minimum Gasteiger partial charge on any atom is -0.353 e. The van der Waals surface area contributed by atoms with E-state index in [4.69, 9.17) is 4.74 Å². The Bertz CT molecular complexity index is 813. The molecule has 5 heteroatoms. The number of hydrogen-bond donors (Lipinski definition) is 0. The Morgan fingerprint density at radius 3 is 2.12 bits per heavy atom. The van der Waals surface area contributed by atoms with E-state index in [0.29, 0.717) is 17.9 Å². The van der Waals surface area contributed by atoms with Crippen LogP contribution >= 0.6 is 0 Å². The Balaban J connectivity index is 1.90. The van der Waals surface area contributed by atoms with Crippen molar-refractivity contribution in [2.24, 2.45) is 0 Å². The third-order valence-corrected chi connectivity index (χ3v) is 6.47. The van der Waals surface area contributed by atoms with Gasteiger partial charge in [-0.1, -0.05) is 60.9 Å². The van der Waals surface area contributed by atoms with Crippen LogP contribution in [0.2, 0.25) is 0 Å². The van der Waals surface area contributed by atoms with Gasteiger partial charge >= 0.3 is 0 Å². The minimum absolute atomic E-state index is 0.225. The molecule has 0 radical (unpaired) electrons. The van der Waals surface area contributed by atoms with Gasteiger partial charge in [0.05, 0.1) is 11.0 Å². The molecule has 3 rings (SSSR count). The van der Waals surface area contributed by atoms with Gasteiger partial charge in [-0.25, -0.2) is 8.42 Å². The van der Waals surface area contributed by atoms with E-state index in [9.17, 15) is 8.42 Å². The predicted molar refractivity (Wildman–Crippen MR) is 98.8 cm³/mol. The van der Waals surface area contributed by atoms with Crippen molar-refractivity contribution in [3.63, 3.8) is 0 Å². The Morgan fingerprint density at radius 1 is 1.00 bits per heavy atom. The van der Waals surface area contributed by atoms with Crippen molar-refractivity contribution < 1.29 is 13.2 Å². The van der Waals surface area contributed by atoms with E-state index < -0.39 is 16.3 Å². The highest BCUT2D eigenvalue weighted by Crippen LogP contribution is 2.35. The van der Waals surface area contributed by atoms with Crippen molar-refractivity contribution >= 4 is 10.0 Å². The fourth-order valence-corrected chi connectivity index (χ4v) is 4.65. The van der Waals surface area contributed by atoms with Gasteiger partial charge in [0.15, 0.2) is 0 Å². The molecular weight excluding hydrogens is 334 g/mol. The summed E-state index contributed by atoms with van der Waals surface area (Å²) >= 11 is 0. The van der Waals surface area contributed by atoms with Gasteiger partial charge in [-0.15, -0.1) is 0 Å². The van der Waals surface area contributed by atoms with Crippen molar-refractivity contribution in [1.82, 2.24) is 4.31 Å². The summed E-state index contributed by atoms with van der Waals surface area (Å²) in [4.78, 5) is 0.326. The number of nitrogens with zero attached hydrogens (tertiary/aromatic N) is 1. The lowest BCUT2D eigenvalue weighted by atomic mass is 10.1. The first-order chi connectivity index (χ1) is 11.9. The van der Waals surface area contributed by atoms with E-state index in [1.54, 1.807) is 12.1 Å². The summed E-state index contributed by atoms with van der Waals surface area (Å²) in [6.45, 7) is 6.37. The molecule has 25 heavy (non-hydrogen) atoms. The van der Waals surface area contributed by atoms with Gasteiger partial charge in [-0.3, -0.25) is 0 Å². The number of ether oxygens (including phenoxy) is 1. The molecule has 2 aromatic carbocycles. The quantitative estimate of drug-likeness (QED) is 0.804. The predicted octanol–water partition coefficient (Wildman–Crippen LogP) is 4.19. The molecule has 2 aromatic rings. The van der Waals surface area contributed by atoms with Crippen LogP contribution in [0, 0.1) is 13.8 Å². The van der Waals surface area contributed by atoms with Crippen LogP contribution in [0.4, 0.5) is 0 Å². The Kier molecular flexibility index (Phi) is 5.27. The highest BCUT2D eigenvalue weighted by molar-refractivity contribution is 7.89. The first kappa shape index (κ1) is 18.1. The van der Waals surface area contributed by atoms with Crippen LogP contribution in [0.1, 0.15) is 42.6 Å². The first-order valence-electron chi connectivity index (χ1n) is 8.72. The topological polar surface area (TPSA) is 46.6 Å². The van der Waals surface area contributed by atoms with Crippen molar-refractivity contribution in [3.8, 4) is 0 Å². The van der Waals surface area contributed by atoms with Crippen LogP contribution in [0.5, 0.6) is 0 Å². The van der Waals surface area contributed by atoms with Crippen LogP contribution in [0.25, 0.3) is 0 Å². The molecule has 0 aliphatic carbocycles. The monoisotopic (exact) mass is 359 g/mol. The van der Waals surface area contributed by atoms with E-state index in [2.05, 4.69) is 0 Å². The largest absolute Gasteiger partial charge is 0.353 e. The highest BCUT2D eigenvalue weighted by atomic mass is 32.2. The number of benzene rings is 2. The highest BCUT2D eigenvalue weighted by Gasteiger charge is 2.41. The van der Waals surface area contributed by atoms with E-state index in [-0.39, 0.29) is 6.10 Å². The number of sulfonamides is 1. The third-order valence-electron chi connectivity index (χ3n) is 4.60. The molecule has 1 aliphatic heterocycles. The Morgan fingerprint density at radius 2 is 1.56 bits per heavy atom. The molecule has 1 saturated heterocycles. The minimum atomic E-state index is -3.57. The first-order valence-corrected chi connectivity index (χ1v) is 10.2. The lowest BCUT2D eigenvalue weighted by Crippen LogP contribution is -2.36. The molecule has 0 bridgehead atoms. The van der Waals surface area contributed by atoms with Gasteiger partial charge in [0, 0.05) is 6.54 Å². The summed E-state index contributed by atoms with van der Waals surface area (Å²) in [5, 5.41) is 0. The van der Waals surface area contributed by atoms with Crippen LogP contribution in [-0.2, 0) is 14.8 Å². The average molecular weight is 359 g/mol. The molecule has 0 aromatic heterocycles. The maximum absolute atomic E-state index is 13.1. The molecule has 0 unspecified atom stereocenters. The fraction of sp³-hybridized carbons (Fsp3) is 0.400. The van der Waals surface area contributed by atoms with Crippen LogP contribution in [-0.4, -0.2) is 25.5 Å². The van der Waals surface area contributed by atoms with Gasteiger partial charge in [0.1, 0.15) is 6.23 Å². The second kappa shape index (κ2) is 7.28. The molecule has 1 aliphatic rings. The molecule has 1 heterocycles. The number of hydrogen-bond acceptors (Lipinski definition) is 3. The zero-order valence-electron chi connectivity index (χ0n) is 15.0. The summed E-state index contributed by atoms with van der Waals surface area (Å²) < 4.78 is 33.9. The van der Waals surface area contributed by atoms with Gasteiger partial charge in [0.25, 0.3) is 0 Å². The zero-order valence-corrected chi connectivity index (χ0v) is 15.8. The second-order valence-corrected chi connectivity index (χ2v) is 8.56. The summed E-state index contributed by atoms with van der Waals surface area (Å²) in [6, 6.07) is 15.1. The molecule has 0 saturated carbocycles. The molecule has 0 spiro atoms. The van der Waals surface area contributed by atoms with Crippen molar-refractivity contribution in [1.29, 1.82) is 0 Å². The Labute approximate surface area is 150 Å². The van der Waals surface area contributed by atoms with Gasteiger partial charge in [0.2, 0.25) is 10.0 Å². The second-order valence-electron chi connectivity index (χ2n) is 6.67. The van der Waals surface area contributed by atoms with E-state index in [1.165, 1.54) is 9.87 Å². The van der Waals surface area contributed by atoms with Crippen molar-refractivity contribution in [2.45, 2.75) is 50.8 Å². The van der Waals surface area contributed by atoms with Gasteiger partial charge < -0.3 is 4.74 Å². The van der Waals surface area contributed by atoms with E-state index >= 15 is 0 Å². The maximum Gasteiger partial charge on any atom is 0.245 e. The lowest BCUT2D eigenvalue weighted by Gasteiger charge is -2.22. The van der Waals surface area contributed by atoms with E-state index in [0.717, 1.165) is 17.5 Å². The maximum atomic E-state index is 13.1. The zero-order chi connectivity index (χ0) is 18.0. The molecule has 4 nitrogen and oxygen atoms in total. The smallest absolute Gasteiger partial charge is 0.245 e. The molecule has 0 N–H and O–H groups in total. The average Bonchev–Trinajstić information content (AvgIpc) is 3.01. The fourth-order valence-electron chi connectivity index (χ4n) is 3.10. The van der Waals surface area contributed by atoms with E-state index in [1.807, 2.05) is 57.2 Å². The van der Waals surface area contributed by atoms with Gasteiger partial charge in [-0.05, 0) is 38.0 Å². The summed E-state index contributed by atoms with van der Waals surface area (Å²) in [5.74, 6) is 0. The number of rotatable bonds is 5. The van der Waals surface area contributed by atoms with Crippen molar-refractivity contribution in [2.75, 3.05) is 6.54 Å². The van der Waals surface area contributed by atoms with Gasteiger partial charge in [-0.2, -0.15) is 4.31 Å². The van der Waals surface area contributed by atoms with Crippen LogP contribution < -0.4 is 0 Å². The number of aryl methyl sites for hydroxylation is 2. The molecule has 2 atom stereocenters. The Hall–Kier alpha value is -1.69. The third kappa shape index (κ3) is 3.78. The standard InChI is InChI=1S/C20H25NO3S/c1-4-5-20-21(25(22,23)18-12-8-16(3)9-13-18)14-19(24-20)17-10-6-15(2)7-11-17/h6-13,19-20H,4-5,14H2,1-3H3/t19-,20-/m1/s1. The van der Waals surface area contributed by atoms with Crippen molar-refractivity contribution in [3.05, 3.63) is 65.2 Å². The molecule has 0 amide bonds. The SMILES string of the molecule is CCC[C@H]1O[C@@H](c2ccc(C)cc2)CN1S(=O)(=O)c1ccc(C)cc1. The normalized spacial score (nSPS) is 21.6. The molecule has 1 fully saturated rings. The summed E-state index contributed by atoms with van der Waals surface area (Å²) in [5.41, 5.74) is 3.24. The molecule has 134 valence electrons. The lowest BCUT2D eigenvalue weighted by molar-refractivity contribution is 0.0157.